The molecule has 3 heteroatoms. The van der Waals surface area contributed by atoms with Crippen molar-refractivity contribution >= 4 is 11.8 Å². The molecule has 2 nitrogen and oxygen atoms in total. The predicted octanol–water partition coefficient (Wildman–Crippen LogP) is 1.16. The Kier molecular flexibility index (Phi) is 2.86. The molecule has 76 valence electrons. The van der Waals surface area contributed by atoms with Crippen LogP contribution >= 0.6 is 11.8 Å². The number of likely N-dealkylation sites (tertiary alicyclic amines) is 1. The number of nitrogens with zero attached hydrogens (tertiary/aromatic N) is 1. The zero-order valence-corrected chi connectivity index (χ0v) is 9.28. The third-order valence-corrected chi connectivity index (χ3v) is 4.76. The Morgan fingerprint density at radius 1 is 1.54 bits per heavy atom. The van der Waals surface area contributed by atoms with Crippen LogP contribution in [0.1, 0.15) is 19.3 Å². The Morgan fingerprint density at radius 2 is 2.31 bits per heavy atom. The van der Waals surface area contributed by atoms with Gasteiger partial charge in [0.1, 0.15) is 0 Å². The van der Waals surface area contributed by atoms with Crippen LogP contribution < -0.4 is 5.73 Å². The number of rotatable bonds is 2. The van der Waals surface area contributed by atoms with Crippen molar-refractivity contribution in [3.05, 3.63) is 0 Å². The quantitative estimate of drug-likeness (QED) is 0.725. The molecule has 0 aromatic carbocycles. The van der Waals surface area contributed by atoms with Crippen molar-refractivity contribution in [3.63, 3.8) is 0 Å². The van der Waals surface area contributed by atoms with Crippen molar-refractivity contribution in [2.45, 2.75) is 24.0 Å². The van der Waals surface area contributed by atoms with Gasteiger partial charge in [-0.3, -0.25) is 0 Å². The van der Waals surface area contributed by atoms with E-state index in [4.69, 9.17) is 5.73 Å². The Hall–Kier alpha value is 0.270. The molecule has 0 saturated carbocycles. The van der Waals surface area contributed by atoms with E-state index in [2.05, 4.69) is 23.7 Å². The minimum absolute atomic E-state index is 0.632. The number of hydrogen-bond donors (Lipinski definition) is 1. The molecule has 2 fully saturated rings. The molecule has 2 aliphatic rings. The normalized spacial score (nSPS) is 33.2. The third-order valence-electron chi connectivity index (χ3n) is 3.29. The smallest absolute Gasteiger partial charge is 0.0416 e. The van der Waals surface area contributed by atoms with E-state index in [1.807, 2.05) is 0 Å². The molecule has 2 aliphatic heterocycles. The van der Waals surface area contributed by atoms with Gasteiger partial charge in [0, 0.05) is 17.8 Å². The second kappa shape index (κ2) is 3.79. The van der Waals surface area contributed by atoms with Gasteiger partial charge in [-0.1, -0.05) is 0 Å². The third kappa shape index (κ3) is 2.03. The van der Waals surface area contributed by atoms with Crippen LogP contribution in [0.4, 0.5) is 0 Å². The molecule has 2 saturated heterocycles. The molecule has 0 aliphatic carbocycles. The van der Waals surface area contributed by atoms with Crippen molar-refractivity contribution in [3.8, 4) is 0 Å². The van der Waals surface area contributed by atoms with Crippen LogP contribution in [0.15, 0.2) is 0 Å². The summed E-state index contributed by atoms with van der Waals surface area (Å²) in [6.07, 6.45) is 4.05. The van der Waals surface area contributed by atoms with Gasteiger partial charge in [0.2, 0.25) is 0 Å². The Morgan fingerprint density at radius 3 is 2.92 bits per heavy atom. The summed E-state index contributed by atoms with van der Waals surface area (Å²) in [7, 11) is 2.22. The van der Waals surface area contributed by atoms with Crippen LogP contribution in [0, 0.1) is 5.92 Å². The first-order valence-electron chi connectivity index (χ1n) is 5.27. The lowest BCUT2D eigenvalue weighted by Crippen LogP contribution is -2.59. The highest BCUT2D eigenvalue weighted by molar-refractivity contribution is 8.00. The minimum atomic E-state index is 0.632. The van der Waals surface area contributed by atoms with Gasteiger partial charge in [0.25, 0.3) is 0 Å². The first kappa shape index (κ1) is 9.81. The lowest BCUT2D eigenvalue weighted by molar-refractivity contribution is 0.133. The first-order valence-corrected chi connectivity index (χ1v) is 6.25. The molecule has 13 heavy (non-hydrogen) atoms. The van der Waals surface area contributed by atoms with Gasteiger partial charge in [-0.15, -0.1) is 0 Å². The van der Waals surface area contributed by atoms with E-state index in [9.17, 15) is 0 Å². The van der Waals surface area contributed by atoms with E-state index in [1.54, 1.807) is 0 Å². The van der Waals surface area contributed by atoms with Gasteiger partial charge < -0.3 is 10.6 Å². The van der Waals surface area contributed by atoms with Crippen molar-refractivity contribution in [2.75, 3.05) is 32.4 Å². The molecule has 2 rings (SSSR count). The lowest BCUT2D eigenvalue weighted by Gasteiger charge is -2.52. The summed E-state index contributed by atoms with van der Waals surface area (Å²) in [6.45, 7) is 3.48. The van der Waals surface area contributed by atoms with E-state index in [-0.39, 0.29) is 0 Å². The fourth-order valence-electron chi connectivity index (χ4n) is 2.77. The summed E-state index contributed by atoms with van der Waals surface area (Å²) < 4.78 is 0.632. The molecule has 0 aromatic rings. The zero-order valence-electron chi connectivity index (χ0n) is 8.46. The maximum absolute atomic E-state index is 5.62. The first-order chi connectivity index (χ1) is 6.24. The van der Waals surface area contributed by atoms with Crippen LogP contribution in [0.2, 0.25) is 0 Å². The highest BCUT2D eigenvalue weighted by atomic mass is 32.2. The van der Waals surface area contributed by atoms with E-state index >= 15 is 0 Å². The Bertz CT molecular complexity index is 170. The zero-order chi connectivity index (χ0) is 9.31. The predicted molar refractivity (Wildman–Crippen MR) is 59.1 cm³/mol. The fourth-order valence-corrected chi connectivity index (χ4v) is 4.63. The summed E-state index contributed by atoms with van der Waals surface area (Å²) in [5.41, 5.74) is 5.62. The molecule has 0 bridgehead atoms. The van der Waals surface area contributed by atoms with Crippen molar-refractivity contribution in [2.24, 2.45) is 11.7 Å². The topological polar surface area (TPSA) is 29.3 Å². The van der Waals surface area contributed by atoms with Gasteiger partial charge in [0.15, 0.2) is 0 Å². The van der Waals surface area contributed by atoms with Crippen molar-refractivity contribution < 1.29 is 0 Å². The van der Waals surface area contributed by atoms with Gasteiger partial charge >= 0.3 is 0 Å². The largest absolute Gasteiger partial charge is 0.330 e. The monoisotopic (exact) mass is 200 g/mol. The second-order valence-electron chi connectivity index (χ2n) is 4.64. The van der Waals surface area contributed by atoms with Gasteiger partial charge in [-0.25, -0.2) is 0 Å². The standard InChI is InChI=1S/C10H20N2S/c1-12-7-10(8-12)6-9(2-4-11)3-5-13-10/h9H,2-8,11H2,1H3. The number of nitrogens with two attached hydrogens (primary N) is 1. The number of hydrogen-bond acceptors (Lipinski definition) is 3. The highest BCUT2D eigenvalue weighted by Crippen LogP contribution is 2.45. The molecular weight excluding hydrogens is 180 g/mol. The van der Waals surface area contributed by atoms with E-state index < -0.39 is 0 Å². The molecular formula is C10H20N2S. The number of thioether (sulfide) groups is 1. The Labute approximate surface area is 85.2 Å². The maximum atomic E-state index is 5.62. The molecule has 0 radical (unpaired) electrons. The SMILES string of the molecule is CN1CC2(CC(CCN)CCS2)C1. The fraction of sp³-hybridized carbons (Fsp3) is 1.00. The molecule has 1 unspecified atom stereocenters. The summed E-state index contributed by atoms with van der Waals surface area (Å²) in [6, 6.07) is 0. The summed E-state index contributed by atoms with van der Waals surface area (Å²) in [5.74, 6) is 2.28. The molecule has 2 N–H and O–H groups in total. The average Bonchev–Trinajstić information content (AvgIpc) is 2.03. The molecule has 0 aromatic heterocycles. The van der Waals surface area contributed by atoms with Gasteiger partial charge in [-0.05, 0) is 44.5 Å². The highest BCUT2D eigenvalue weighted by Gasteiger charge is 2.44. The van der Waals surface area contributed by atoms with Crippen LogP contribution in [-0.4, -0.2) is 42.1 Å². The minimum Gasteiger partial charge on any atom is -0.330 e. The molecule has 2 heterocycles. The van der Waals surface area contributed by atoms with Crippen LogP contribution in [0.25, 0.3) is 0 Å². The molecule has 0 amide bonds. The summed E-state index contributed by atoms with van der Waals surface area (Å²) in [4.78, 5) is 2.43. The van der Waals surface area contributed by atoms with E-state index in [0.29, 0.717) is 4.75 Å². The van der Waals surface area contributed by atoms with Crippen LogP contribution in [0.5, 0.6) is 0 Å². The Balaban J connectivity index is 1.86. The van der Waals surface area contributed by atoms with Crippen LogP contribution in [0.3, 0.4) is 0 Å². The van der Waals surface area contributed by atoms with Crippen molar-refractivity contribution in [1.82, 2.24) is 4.90 Å². The van der Waals surface area contributed by atoms with E-state index in [1.165, 1.54) is 38.1 Å². The maximum Gasteiger partial charge on any atom is 0.0416 e. The summed E-state index contributed by atoms with van der Waals surface area (Å²) >= 11 is 2.20. The average molecular weight is 200 g/mol. The van der Waals surface area contributed by atoms with Gasteiger partial charge in [0.05, 0.1) is 0 Å². The second-order valence-corrected chi connectivity index (χ2v) is 6.20. The molecule has 1 spiro atoms. The molecule has 1 atom stereocenters. The van der Waals surface area contributed by atoms with Crippen LogP contribution in [-0.2, 0) is 0 Å². The van der Waals surface area contributed by atoms with Crippen molar-refractivity contribution in [1.29, 1.82) is 0 Å². The van der Waals surface area contributed by atoms with Gasteiger partial charge in [-0.2, -0.15) is 11.8 Å². The summed E-state index contributed by atoms with van der Waals surface area (Å²) in [5, 5.41) is 0. The van der Waals surface area contributed by atoms with E-state index in [0.717, 1.165) is 12.5 Å². The lowest BCUT2D eigenvalue weighted by atomic mass is 9.84.